The minimum atomic E-state index is -3.78. The molecule has 0 spiro atoms. The minimum Gasteiger partial charge on any atom is -0.497 e. The van der Waals surface area contributed by atoms with Crippen LogP contribution in [0.5, 0.6) is 5.75 Å². The van der Waals surface area contributed by atoms with E-state index < -0.39 is 21.3 Å². The van der Waals surface area contributed by atoms with Gasteiger partial charge in [-0.3, -0.25) is 9.59 Å². The summed E-state index contributed by atoms with van der Waals surface area (Å²) in [5, 5.41) is 1.10. The molecule has 4 fully saturated rings. The van der Waals surface area contributed by atoms with Gasteiger partial charge in [0.2, 0.25) is 15.9 Å². The fourth-order valence-electron chi connectivity index (χ4n) is 9.51. The largest absolute Gasteiger partial charge is 0.497 e. The number of piperazine rings is 1. The van der Waals surface area contributed by atoms with E-state index in [1.165, 1.54) is 30.4 Å². The lowest BCUT2D eigenvalue weighted by atomic mass is 9.81. The summed E-state index contributed by atoms with van der Waals surface area (Å²) in [5.41, 5.74) is 5.42. The van der Waals surface area contributed by atoms with Crippen molar-refractivity contribution < 1.29 is 22.7 Å². The number of hydrogen-bond acceptors (Lipinski definition) is 6. The van der Waals surface area contributed by atoms with Gasteiger partial charge in [-0.05, 0) is 86.0 Å². The van der Waals surface area contributed by atoms with E-state index in [2.05, 4.69) is 38.3 Å². The molecule has 5 aliphatic rings. The topological polar surface area (TPSA) is 101 Å². The van der Waals surface area contributed by atoms with Gasteiger partial charge in [0, 0.05) is 59.7 Å². The summed E-state index contributed by atoms with van der Waals surface area (Å²) in [4.78, 5) is 32.8. The van der Waals surface area contributed by atoms with Crippen molar-refractivity contribution in [2.24, 2.45) is 11.3 Å². The second-order valence-electron chi connectivity index (χ2n) is 15.4. The number of methoxy groups -OCH3 is 1. The van der Waals surface area contributed by atoms with Crippen molar-refractivity contribution in [1.29, 1.82) is 0 Å². The number of ether oxygens (including phenoxy) is 1. The van der Waals surface area contributed by atoms with Crippen molar-refractivity contribution in [2.45, 2.75) is 89.3 Å². The van der Waals surface area contributed by atoms with Crippen LogP contribution in [0.25, 0.3) is 22.2 Å². The number of carbonyl (C=O) groups is 2. The molecule has 2 saturated heterocycles. The Labute approximate surface area is 277 Å². The number of likely N-dealkylation sites (tertiary alicyclic amines) is 2. The van der Waals surface area contributed by atoms with Crippen LogP contribution in [-0.4, -0.2) is 79.7 Å². The fourth-order valence-corrected chi connectivity index (χ4v) is 10.9. The number of aromatic nitrogens is 1. The van der Waals surface area contributed by atoms with Crippen LogP contribution >= 0.6 is 0 Å². The Balaban J connectivity index is 1.30. The van der Waals surface area contributed by atoms with Crippen LogP contribution in [0.3, 0.4) is 0 Å². The lowest BCUT2D eigenvalue weighted by Crippen LogP contribution is -2.70. The first-order valence-electron chi connectivity index (χ1n) is 17.4. The molecule has 2 bridgehead atoms. The van der Waals surface area contributed by atoms with Crippen LogP contribution in [0.15, 0.2) is 36.4 Å². The van der Waals surface area contributed by atoms with Crippen molar-refractivity contribution in [3.8, 4) is 17.0 Å². The van der Waals surface area contributed by atoms with Gasteiger partial charge in [0.25, 0.3) is 5.91 Å². The molecule has 4 heterocycles. The first kappa shape index (κ1) is 30.9. The molecule has 10 heteroatoms. The Morgan fingerprint density at radius 3 is 2.49 bits per heavy atom. The Morgan fingerprint density at radius 2 is 1.79 bits per heavy atom. The van der Waals surface area contributed by atoms with Gasteiger partial charge in [0.15, 0.2) is 0 Å². The molecule has 1 aromatic heterocycles. The number of fused-ring (bicyclic) bond motifs is 9. The summed E-state index contributed by atoms with van der Waals surface area (Å²) >= 11 is 0. The molecule has 9 nitrogen and oxygen atoms in total. The van der Waals surface area contributed by atoms with Crippen molar-refractivity contribution in [3.05, 3.63) is 53.1 Å². The number of nitrogens with zero attached hydrogens (tertiary/aromatic N) is 3. The Hall–Kier alpha value is -3.37. The number of likely N-dealkylation sites (N-methyl/N-ethyl adjacent to an activating group) is 1. The van der Waals surface area contributed by atoms with Gasteiger partial charge in [-0.2, -0.15) is 0 Å². The van der Waals surface area contributed by atoms with Gasteiger partial charge in [-0.1, -0.05) is 39.2 Å². The smallest absolute Gasteiger partial charge is 0.264 e. The highest BCUT2D eigenvalue weighted by Gasteiger charge is 2.66. The third kappa shape index (κ3) is 5.00. The quantitative estimate of drug-likeness (QED) is 0.361. The predicted octanol–water partition coefficient (Wildman–Crippen LogP) is 5.48. The normalized spacial score (nSPS) is 27.0. The van der Waals surface area contributed by atoms with Gasteiger partial charge in [0.1, 0.15) is 5.75 Å². The number of hydrogen-bond donors (Lipinski definition) is 1. The Morgan fingerprint density at radius 1 is 1.04 bits per heavy atom. The van der Waals surface area contributed by atoms with Crippen molar-refractivity contribution in [2.75, 3.05) is 33.0 Å². The summed E-state index contributed by atoms with van der Waals surface area (Å²) in [6.45, 7) is 6.00. The zero-order chi connectivity index (χ0) is 32.8. The van der Waals surface area contributed by atoms with Crippen LogP contribution in [0.4, 0.5) is 0 Å². The second kappa shape index (κ2) is 11.1. The van der Waals surface area contributed by atoms with Crippen molar-refractivity contribution >= 4 is 32.7 Å². The molecule has 2 saturated carbocycles. The highest BCUT2D eigenvalue weighted by Crippen LogP contribution is 2.67. The van der Waals surface area contributed by atoms with E-state index >= 15 is 0 Å². The van der Waals surface area contributed by atoms with E-state index in [4.69, 9.17) is 4.74 Å². The van der Waals surface area contributed by atoms with E-state index in [-0.39, 0.29) is 35.6 Å². The predicted molar refractivity (Wildman–Crippen MR) is 182 cm³/mol. The van der Waals surface area contributed by atoms with Crippen LogP contribution in [0, 0.1) is 11.3 Å². The van der Waals surface area contributed by atoms with Crippen LogP contribution in [-0.2, 0) is 21.4 Å². The highest BCUT2D eigenvalue weighted by atomic mass is 32.2. The number of benzene rings is 2. The molecular weight excluding hydrogens is 612 g/mol. The number of carbonyl (C=O) groups excluding carboxylic acids is 2. The molecule has 4 unspecified atom stereocenters. The van der Waals surface area contributed by atoms with Gasteiger partial charge in [-0.15, -0.1) is 0 Å². The summed E-state index contributed by atoms with van der Waals surface area (Å²) in [6.07, 6.45) is 7.65. The molecule has 1 N–H and O–H groups in total. The van der Waals surface area contributed by atoms with E-state index in [0.717, 1.165) is 66.7 Å². The van der Waals surface area contributed by atoms with Gasteiger partial charge >= 0.3 is 0 Å². The number of amides is 2. The standard InChI is InChI=1S/C37H46N4O5S/c1-22(2)20-47(44,45)38-35(42)24-10-12-29-32(14-24)40-21-37(36(43)41-25-15-26(41)19-39(3)18-25)17-31(37)30-16-27(46-4)11-13-28(30)34(40)33(29)23-8-6-5-7-9-23/h10-14,16,22-23,25-26,31H,5-9,15,17-21H2,1-4H3,(H,38,42). The lowest BCUT2D eigenvalue weighted by molar-refractivity contribution is -0.159. The molecule has 47 heavy (non-hydrogen) atoms. The molecule has 8 rings (SSSR count). The third-order valence-electron chi connectivity index (χ3n) is 11.6. The highest BCUT2D eigenvalue weighted by molar-refractivity contribution is 7.90. The molecular formula is C37H46N4O5S. The SMILES string of the molecule is COc1ccc2c(c1)C1CC1(C(=O)N1C3CC1CN(C)C3)Cn1c-2c(C2CCCCC2)c2ccc(C(=O)NS(=O)(=O)CC(C)C)cc21. The molecule has 0 radical (unpaired) electrons. The lowest BCUT2D eigenvalue weighted by Gasteiger charge is -2.56. The van der Waals surface area contributed by atoms with Gasteiger partial charge in [0.05, 0.1) is 24.0 Å². The summed E-state index contributed by atoms with van der Waals surface area (Å²) in [5.74, 6) is 0.670. The van der Waals surface area contributed by atoms with Crippen LogP contribution < -0.4 is 9.46 Å². The average molecular weight is 659 g/mol. The molecule has 2 aromatic carbocycles. The Kier molecular flexibility index (Phi) is 7.30. The number of nitrogens with one attached hydrogen (secondary N) is 1. The molecule has 4 atom stereocenters. The van der Waals surface area contributed by atoms with E-state index in [9.17, 15) is 18.0 Å². The Bertz CT molecular complexity index is 1880. The van der Waals surface area contributed by atoms with Crippen molar-refractivity contribution in [3.63, 3.8) is 0 Å². The monoisotopic (exact) mass is 658 g/mol. The van der Waals surface area contributed by atoms with E-state index in [0.29, 0.717) is 18.0 Å². The number of piperidine rings is 1. The summed E-state index contributed by atoms with van der Waals surface area (Å²) < 4.78 is 35.8. The summed E-state index contributed by atoms with van der Waals surface area (Å²) in [6, 6.07) is 12.5. The maximum atomic E-state index is 14.8. The van der Waals surface area contributed by atoms with Crippen LogP contribution in [0.2, 0.25) is 0 Å². The minimum absolute atomic E-state index is 0.0842. The zero-order valence-corrected chi connectivity index (χ0v) is 28.7. The molecule has 2 aliphatic carbocycles. The van der Waals surface area contributed by atoms with E-state index in [1.807, 2.05) is 32.0 Å². The first-order chi connectivity index (χ1) is 22.5. The molecule has 3 aromatic rings. The second-order valence-corrected chi connectivity index (χ2v) is 17.1. The van der Waals surface area contributed by atoms with E-state index in [1.54, 1.807) is 13.2 Å². The maximum absolute atomic E-state index is 14.8. The number of sulfonamides is 1. The fraction of sp³-hybridized carbons (Fsp3) is 0.568. The first-order valence-corrected chi connectivity index (χ1v) is 19.1. The molecule has 3 aliphatic heterocycles. The third-order valence-corrected chi connectivity index (χ3v) is 13.2. The maximum Gasteiger partial charge on any atom is 0.264 e. The summed E-state index contributed by atoms with van der Waals surface area (Å²) in [7, 11) is 0.0577. The van der Waals surface area contributed by atoms with Crippen LogP contribution in [0.1, 0.15) is 92.1 Å². The number of rotatable bonds is 7. The van der Waals surface area contributed by atoms with Gasteiger partial charge < -0.3 is 19.1 Å². The van der Waals surface area contributed by atoms with Gasteiger partial charge in [-0.25, -0.2) is 13.1 Å². The van der Waals surface area contributed by atoms with Crippen molar-refractivity contribution in [1.82, 2.24) is 19.1 Å². The average Bonchev–Trinajstić information content (AvgIpc) is 3.70. The zero-order valence-electron chi connectivity index (χ0n) is 27.9. The molecule has 250 valence electrons. The molecule has 2 amide bonds.